The van der Waals surface area contributed by atoms with Crippen LogP contribution in [0.15, 0.2) is 48.0 Å². The molecule has 0 aliphatic heterocycles. The highest BCUT2D eigenvalue weighted by Crippen LogP contribution is 2.29. The van der Waals surface area contributed by atoms with Gasteiger partial charge in [-0.25, -0.2) is 4.98 Å². The summed E-state index contributed by atoms with van der Waals surface area (Å²) in [5.74, 6) is 0.723. The molecule has 1 unspecified atom stereocenters. The lowest BCUT2D eigenvalue weighted by Crippen LogP contribution is -2.27. The standard InChI is InChI=1S/C18H18N2O2S2/c1-3-14(12-6-8-13(22-2)9-7-12)20-17(21)16-11-19-18(24-16)15-5-4-10-23-15/h4-11,14H,3H2,1-2H3,(H,20,21). The maximum absolute atomic E-state index is 12.5. The molecule has 124 valence electrons. The average Bonchev–Trinajstić information content (AvgIpc) is 3.30. The molecule has 6 heteroatoms. The van der Waals surface area contributed by atoms with Gasteiger partial charge in [0.1, 0.15) is 15.6 Å². The summed E-state index contributed by atoms with van der Waals surface area (Å²) in [7, 11) is 1.64. The number of ether oxygens (including phenoxy) is 1. The van der Waals surface area contributed by atoms with Crippen molar-refractivity contribution in [1.82, 2.24) is 10.3 Å². The molecule has 0 saturated carbocycles. The Bertz CT molecular complexity index is 795. The van der Waals surface area contributed by atoms with Crippen LogP contribution in [0.4, 0.5) is 0 Å². The second-order valence-corrected chi connectivity index (χ2v) is 7.19. The molecule has 1 aromatic carbocycles. The number of nitrogens with zero attached hydrogens (tertiary/aromatic N) is 1. The van der Waals surface area contributed by atoms with Crippen LogP contribution in [-0.2, 0) is 0 Å². The molecule has 0 spiro atoms. The van der Waals surface area contributed by atoms with Crippen LogP contribution >= 0.6 is 22.7 Å². The summed E-state index contributed by atoms with van der Waals surface area (Å²) in [5.41, 5.74) is 1.06. The van der Waals surface area contributed by atoms with E-state index in [4.69, 9.17) is 4.74 Å². The Morgan fingerprint density at radius 3 is 2.71 bits per heavy atom. The zero-order valence-electron chi connectivity index (χ0n) is 13.5. The Hall–Kier alpha value is -2.18. The molecule has 0 saturated heterocycles. The van der Waals surface area contributed by atoms with Gasteiger partial charge >= 0.3 is 0 Å². The molecular formula is C18H18N2O2S2. The number of carbonyl (C=O) groups is 1. The first-order valence-electron chi connectivity index (χ1n) is 7.65. The number of carbonyl (C=O) groups excluding carboxylic acids is 1. The second-order valence-electron chi connectivity index (χ2n) is 5.21. The molecule has 1 N–H and O–H groups in total. The smallest absolute Gasteiger partial charge is 0.263 e. The summed E-state index contributed by atoms with van der Waals surface area (Å²) in [5, 5.41) is 5.98. The monoisotopic (exact) mass is 358 g/mol. The summed E-state index contributed by atoms with van der Waals surface area (Å²) in [6.45, 7) is 2.05. The van der Waals surface area contributed by atoms with Crippen LogP contribution in [0.5, 0.6) is 5.75 Å². The quantitative estimate of drug-likeness (QED) is 0.691. The van der Waals surface area contributed by atoms with Crippen molar-refractivity contribution in [2.75, 3.05) is 7.11 Å². The summed E-state index contributed by atoms with van der Waals surface area (Å²) < 4.78 is 5.18. The minimum absolute atomic E-state index is 0.0318. The Morgan fingerprint density at radius 2 is 2.08 bits per heavy atom. The highest BCUT2D eigenvalue weighted by atomic mass is 32.1. The maximum atomic E-state index is 12.5. The van der Waals surface area contributed by atoms with Gasteiger partial charge in [0, 0.05) is 0 Å². The first-order valence-corrected chi connectivity index (χ1v) is 9.35. The molecule has 3 rings (SSSR count). The van der Waals surface area contributed by atoms with Crippen LogP contribution in [0.3, 0.4) is 0 Å². The molecule has 2 heterocycles. The van der Waals surface area contributed by atoms with Crippen LogP contribution in [0.2, 0.25) is 0 Å². The Balaban J connectivity index is 1.72. The van der Waals surface area contributed by atoms with E-state index in [1.807, 2.05) is 41.8 Å². The number of methoxy groups -OCH3 is 1. The molecule has 0 fully saturated rings. The number of rotatable bonds is 6. The van der Waals surface area contributed by atoms with Gasteiger partial charge in [-0.1, -0.05) is 25.1 Å². The van der Waals surface area contributed by atoms with Crippen LogP contribution in [0.1, 0.15) is 34.6 Å². The Kier molecular flexibility index (Phi) is 5.27. The molecule has 3 aromatic rings. The van der Waals surface area contributed by atoms with E-state index in [0.29, 0.717) is 4.88 Å². The summed E-state index contributed by atoms with van der Waals surface area (Å²) in [6, 6.07) is 11.7. The van der Waals surface area contributed by atoms with Crippen molar-refractivity contribution < 1.29 is 9.53 Å². The highest BCUT2D eigenvalue weighted by Gasteiger charge is 2.17. The number of hydrogen-bond acceptors (Lipinski definition) is 5. The average molecular weight is 358 g/mol. The van der Waals surface area contributed by atoms with Crippen molar-refractivity contribution in [2.24, 2.45) is 0 Å². The lowest BCUT2D eigenvalue weighted by molar-refractivity contribution is 0.0939. The zero-order chi connectivity index (χ0) is 16.9. The molecule has 0 bridgehead atoms. The maximum Gasteiger partial charge on any atom is 0.263 e. The lowest BCUT2D eigenvalue weighted by Gasteiger charge is -2.17. The topological polar surface area (TPSA) is 51.2 Å². The number of amides is 1. The van der Waals surface area contributed by atoms with Crippen molar-refractivity contribution >= 4 is 28.6 Å². The Morgan fingerprint density at radius 1 is 1.29 bits per heavy atom. The molecule has 4 nitrogen and oxygen atoms in total. The van der Waals surface area contributed by atoms with E-state index in [1.165, 1.54) is 11.3 Å². The highest BCUT2D eigenvalue weighted by molar-refractivity contribution is 7.21. The third-order valence-corrected chi connectivity index (χ3v) is 5.73. The number of thiazole rings is 1. The van der Waals surface area contributed by atoms with Gasteiger partial charge in [-0.15, -0.1) is 22.7 Å². The van der Waals surface area contributed by atoms with Crippen LogP contribution in [0.25, 0.3) is 9.88 Å². The third-order valence-electron chi connectivity index (χ3n) is 3.69. The van der Waals surface area contributed by atoms with E-state index in [2.05, 4.69) is 17.2 Å². The predicted molar refractivity (Wildman–Crippen MR) is 98.9 cm³/mol. The minimum Gasteiger partial charge on any atom is -0.497 e. The van der Waals surface area contributed by atoms with Crippen molar-refractivity contribution in [3.8, 4) is 15.6 Å². The van der Waals surface area contributed by atoms with E-state index >= 15 is 0 Å². The SMILES string of the molecule is CCC(NC(=O)c1cnc(-c2cccs2)s1)c1ccc(OC)cc1. The fraction of sp³-hybridized carbons (Fsp3) is 0.222. The third kappa shape index (κ3) is 3.66. The molecule has 0 aliphatic rings. The molecule has 1 amide bonds. The van der Waals surface area contributed by atoms with E-state index in [9.17, 15) is 4.79 Å². The fourth-order valence-corrected chi connectivity index (χ4v) is 4.00. The first kappa shape index (κ1) is 16.7. The summed E-state index contributed by atoms with van der Waals surface area (Å²) in [4.78, 5) is 18.6. The largest absolute Gasteiger partial charge is 0.497 e. The molecule has 1 atom stereocenters. The van der Waals surface area contributed by atoms with Gasteiger partial charge in [-0.3, -0.25) is 4.79 Å². The lowest BCUT2D eigenvalue weighted by atomic mass is 10.0. The number of nitrogens with one attached hydrogen (secondary N) is 1. The van der Waals surface area contributed by atoms with Gasteiger partial charge < -0.3 is 10.1 Å². The molecule has 2 aromatic heterocycles. The predicted octanol–water partition coefficient (Wildman–Crippen LogP) is 4.76. The van der Waals surface area contributed by atoms with E-state index < -0.39 is 0 Å². The number of thiophene rings is 1. The molecule has 24 heavy (non-hydrogen) atoms. The number of hydrogen-bond donors (Lipinski definition) is 1. The van der Waals surface area contributed by atoms with Gasteiger partial charge in [0.25, 0.3) is 5.91 Å². The number of benzene rings is 1. The van der Waals surface area contributed by atoms with Gasteiger partial charge in [0.05, 0.1) is 24.2 Å². The minimum atomic E-state index is -0.0852. The second kappa shape index (κ2) is 7.59. The summed E-state index contributed by atoms with van der Waals surface area (Å²) in [6.07, 6.45) is 2.46. The van der Waals surface area contributed by atoms with Gasteiger partial charge in [-0.2, -0.15) is 0 Å². The molecule has 0 aliphatic carbocycles. The van der Waals surface area contributed by atoms with Crippen molar-refractivity contribution in [3.05, 3.63) is 58.4 Å². The zero-order valence-corrected chi connectivity index (χ0v) is 15.1. The van der Waals surface area contributed by atoms with E-state index in [0.717, 1.165) is 27.6 Å². The van der Waals surface area contributed by atoms with Crippen LogP contribution in [-0.4, -0.2) is 18.0 Å². The molecule has 0 radical (unpaired) electrons. The molecular weight excluding hydrogens is 340 g/mol. The van der Waals surface area contributed by atoms with Crippen molar-refractivity contribution in [3.63, 3.8) is 0 Å². The Labute approximate surface area is 149 Å². The van der Waals surface area contributed by atoms with Crippen LogP contribution in [0, 0.1) is 0 Å². The normalized spacial score (nSPS) is 11.9. The van der Waals surface area contributed by atoms with Crippen LogP contribution < -0.4 is 10.1 Å². The van der Waals surface area contributed by atoms with Crippen molar-refractivity contribution in [1.29, 1.82) is 0 Å². The van der Waals surface area contributed by atoms with Gasteiger partial charge in [0.15, 0.2) is 0 Å². The van der Waals surface area contributed by atoms with Gasteiger partial charge in [-0.05, 0) is 35.6 Å². The fourth-order valence-electron chi connectivity index (χ4n) is 2.38. The van der Waals surface area contributed by atoms with Gasteiger partial charge in [0.2, 0.25) is 0 Å². The summed E-state index contributed by atoms with van der Waals surface area (Å²) >= 11 is 3.04. The van der Waals surface area contributed by atoms with E-state index in [1.54, 1.807) is 24.6 Å². The van der Waals surface area contributed by atoms with E-state index in [-0.39, 0.29) is 11.9 Å². The van der Waals surface area contributed by atoms with Crippen molar-refractivity contribution in [2.45, 2.75) is 19.4 Å². The number of aromatic nitrogens is 1. The first-order chi connectivity index (χ1) is 11.7.